The average molecular weight is 297 g/mol. The van der Waals surface area contributed by atoms with E-state index in [9.17, 15) is 9.59 Å². The molecule has 0 radical (unpaired) electrons. The first kappa shape index (κ1) is 14.0. The second-order valence-corrected chi connectivity index (χ2v) is 4.95. The van der Waals surface area contributed by atoms with Gasteiger partial charge in [0.05, 0.1) is 10.9 Å². The van der Waals surface area contributed by atoms with E-state index in [1.165, 1.54) is 0 Å². The quantitative estimate of drug-likeness (QED) is 0.757. The summed E-state index contributed by atoms with van der Waals surface area (Å²) in [5.74, 6) is 0.835. The molecule has 7 heteroatoms. The van der Waals surface area contributed by atoms with Gasteiger partial charge in [-0.2, -0.15) is 5.10 Å². The Hall–Kier alpha value is -2.96. The van der Waals surface area contributed by atoms with Crippen molar-refractivity contribution in [1.29, 1.82) is 0 Å². The highest BCUT2D eigenvalue weighted by Gasteiger charge is 2.08. The van der Waals surface area contributed by atoms with E-state index in [1.807, 2.05) is 6.07 Å². The molecule has 2 aromatic heterocycles. The van der Waals surface area contributed by atoms with Gasteiger partial charge in [0, 0.05) is 32.2 Å². The zero-order valence-electron chi connectivity index (χ0n) is 12.0. The summed E-state index contributed by atoms with van der Waals surface area (Å²) in [7, 11) is 1.78. The van der Waals surface area contributed by atoms with Gasteiger partial charge in [-0.05, 0) is 12.1 Å². The minimum atomic E-state index is -0.189. The van der Waals surface area contributed by atoms with Crippen molar-refractivity contribution in [2.75, 3.05) is 5.32 Å². The fourth-order valence-electron chi connectivity index (χ4n) is 2.17. The molecule has 0 atom stereocenters. The van der Waals surface area contributed by atoms with E-state index >= 15 is 0 Å². The molecule has 7 nitrogen and oxygen atoms in total. The second kappa shape index (κ2) is 5.80. The number of nitrogens with zero attached hydrogens (tertiary/aromatic N) is 3. The van der Waals surface area contributed by atoms with Crippen LogP contribution in [0.25, 0.3) is 10.9 Å². The molecule has 3 aromatic rings. The standard InChI is InChI=1S/C15H15N5O2/c1-20-9-8-13(19-20)17-14(21)7-6-12-16-11-5-3-2-4-10(11)15(22)18-12/h2-5,8-9H,6-7H2,1H3,(H,16,18,22)(H,17,19,21). The molecule has 1 aromatic carbocycles. The van der Waals surface area contributed by atoms with Crippen molar-refractivity contribution in [2.45, 2.75) is 12.8 Å². The number of para-hydroxylation sites is 1. The van der Waals surface area contributed by atoms with Crippen molar-refractivity contribution in [3.8, 4) is 0 Å². The number of rotatable bonds is 4. The van der Waals surface area contributed by atoms with Crippen LogP contribution in [0.5, 0.6) is 0 Å². The maximum absolute atomic E-state index is 11.9. The molecule has 0 spiro atoms. The third-order valence-corrected chi connectivity index (χ3v) is 3.23. The Kier molecular flexibility index (Phi) is 3.69. The Morgan fingerprint density at radius 1 is 1.32 bits per heavy atom. The number of carbonyl (C=O) groups excluding carboxylic acids is 1. The number of aryl methyl sites for hydroxylation is 2. The first-order valence-electron chi connectivity index (χ1n) is 6.89. The molecule has 0 fully saturated rings. The maximum Gasteiger partial charge on any atom is 0.258 e. The van der Waals surface area contributed by atoms with Crippen LogP contribution in [0.3, 0.4) is 0 Å². The molecular weight excluding hydrogens is 282 g/mol. The highest BCUT2D eigenvalue weighted by molar-refractivity contribution is 5.89. The van der Waals surface area contributed by atoms with Gasteiger partial charge in [-0.15, -0.1) is 0 Å². The first-order valence-corrected chi connectivity index (χ1v) is 6.89. The average Bonchev–Trinajstić information content (AvgIpc) is 2.90. The summed E-state index contributed by atoms with van der Waals surface area (Å²) in [5.41, 5.74) is 0.442. The third kappa shape index (κ3) is 3.03. The van der Waals surface area contributed by atoms with Gasteiger partial charge in [-0.3, -0.25) is 14.3 Å². The van der Waals surface area contributed by atoms with Crippen molar-refractivity contribution in [1.82, 2.24) is 19.7 Å². The molecule has 0 saturated carbocycles. The largest absolute Gasteiger partial charge is 0.310 e. The van der Waals surface area contributed by atoms with Crippen LogP contribution in [0, 0.1) is 0 Å². The number of benzene rings is 1. The molecule has 0 saturated heterocycles. The van der Waals surface area contributed by atoms with Gasteiger partial charge in [0.25, 0.3) is 5.56 Å². The number of nitrogens with one attached hydrogen (secondary N) is 2. The predicted octanol–water partition coefficient (Wildman–Crippen LogP) is 1.23. The SMILES string of the molecule is Cn1ccc(NC(=O)CCc2nc3ccccc3c(=O)[nH]2)n1. The van der Waals surface area contributed by atoms with Crippen molar-refractivity contribution in [2.24, 2.45) is 7.05 Å². The van der Waals surface area contributed by atoms with Crippen molar-refractivity contribution >= 4 is 22.6 Å². The molecule has 0 aliphatic carbocycles. The third-order valence-electron chi connectivity index (χ3n) is 3.23. The van der Waals surface area contributed by atoms with Crippen LogP contribution >= 0.6 is 0 Å². The Balaban J connectivity index is 1.68. The van der Waals surface area contributed by atoms with Crippen LogP contribution < -0.4 is 10.9 Å². The highest BCUT2D eigenvalue weighted by atomic mass is 16.1. The van der Waals surface area contributed by atoms with E-state index in [2.05, 4.69) is 20.4 Å². The number of anilines is 1. The van der Waals surface area contributed by atoms with E-state index in [0.717, 1.165) is 0 Å². The molecule has 2 heterocycles. The molecule has 3 rings (SSSR count). The number of fused-ring (bicyclic) bond motifs is 1. The molecular formula is C15H15N5O2. The Bertz CT molecular complexity index is 881. The Labute approximate surface area is 126 Å². The Morgan fingerprint density at radius 2 is 2.14 bits per heavy atom. The van der Waals surface area contributed by atoms with E-state index in [-0.39, 0.29) is 17.9 Å². The molecule has 112 valence electrons. The monoisotopic (exact) mass is 297 g/mol. The van der Waals surface area contributed by atoms with E-state index in [1.54, 1.807) is 42.2 Å². The number of aromatic nitrogens is 4. The number of aromatic amines is 1. The number of hydrogen-bond donors (Lipinski definition) is 2. The molecule has 22 heavy (non-hydrogen) atoms. The topological polar surface area (TPSA) is 92.7 Å². The van der Waals surface area contributed by atoms with Crippen molar-refractivity contribution < 1.29 is 4.79 Å². The summed E-state index contributed by atoms with van der Waals surface area (Å²) >= 11 is 0. The van der Waals surface area contributed by atoms with E-state index in [0.29, 0.717) is 29.0 Å². The number of carbonyl (C=O) groups is 1. The predicted molar refractivity (Wildman–Crippen MR) is 82.5 cm³/mol. The van der Waals surface area contributed by atoms with Gasteiger partial charge in [-0.25, -0.2) is 4.98 Å². The van der Waals surface area contributed by atoms with Gasteiger partial charge in [0.15, 0.2) is 5.82 Å². The summed E-state index contributed by atoms with van der Waals surface area (Å²) in [6.45, 7) is 0. The lowest BCUT2D eigenvalue weighted by atomic mass is 10.2. The lowest BCUT2D eigenvalue weighted by Gasteiger charge is -2.03. The normalized spacial score (nSPS) is 10.8. The van der Waals surface area contributed by atoms with Crippen LogP contribution in [0.15, 0.2) is 41.3 Å². The summed E-state index contributed by atoms with van der Waals surface area (Å²) in [4.78, 5) is 30.9. The zero-order chi connectivity index (χ0) is 15.5. The fraction of sp³-hybridized carbons (Fsp3) is 0.200. The lowest BCUT2D eigenvalue weighted by molar-refractivity contribution is -0.116. The first-order chi connectivity index (χ1) is 10.6. The summed E-state index contributed by atoms with van der Waals surface area (Å²) in [5, 5.41) is 7.31. The summed E-state index contributed by atoms with van der Waals surface area (Å²) in [6, 6.07) is 8.83. The van der Waals surface area contributed by atoms with Crippen molar-refractivity contribution in [3.05, 3.63) is 52.7 Å². The zero-order valence-corrected chi connectivity index (χ0v) is 12.0. The minimum Gasteiger partial charge on any atom is -0.310 e. The number of hydrogen-bond acceptors (Lipinski definition) is 4. The van der Waals surface area contributed by atoms with Crippen molar-refractivity contribution in [3.63, 3.8) is 0 Å². The Morgan fingerprint density at radius 3 is 2.91 bits per heavy atom. The van der Waals surface area contributed by atoms with Gasteiger partial charge in [0.2, 0.25) is 5.91 Å². The molecule has 0 unspecified atom stereocenters. The van der Waals surface area contributed by atoms with Crippen LogP contribution in [-0.4, -0.2) is 25.7 Å². The lowest BCUT2D eigenvalue weighted by Crippen LogP contribution is -2.16. The minimum absolute atomic E-state index is 0.172. The maximum atomic E-state index is 11.9. The second-order valence-electron chi connectivity index (χ2n) is 4.95. The van der Waals surface area contributed by atoms with Crippen LogP contribution in [0.1, 0.15) is 12.2 Å². The van der Waals surface area contributed by atoms with E-state index < -0.39 is 0 Å². The summed E-state index contributed by atoms with van der Waals surface area (Å²) < 4.78 is 1.61. The molecule has 1 amide bonds. The summed E-state index contributed by atoms with van der Waals surface area (Å²) in [6.07, 6.45) is 2.33. The van der Waals surface area contributed by atoms with Gasteiger partial charge >= 0.3 is 0 Å². The van der Waals surface area contributed by atoms with Crippen LogP contribution in [0.4, 0.5) is 5.82 Å². The smallest absolute Gasteiger partial charge is 0.258 e. The van der Waals surface area contributed by atoms with E-state index in [4.69, 9.17) is 0 Å². The van der Waals surface area contributed by atoms with Crippen LogP contribution in [0.2, 0.25) is 0 Å². The van der Waals surface area contributed by atoms with Gasteiger partial charge in [-0.1, -0.05) is 12.1 Å². The number of amides is 1. The van der Waals surface area contributed by atoms with Crippen LogP contribution in [-0.2, 0) is 18.3 Å². The highest BCUT2D eigenvalue weighted by Crippen LogP contribution is 2.07. The molecule has 2 N–H and O–H groups in total. The molecule has 0 aliphatic heterocycles. The van der Waals surface area contributed by atoms with Gasteiger partial charge in [0.1, 0.15) is 5.82 Å². The molecule has 0 aliphatic rings. The molecule has 0 bridgehead atoms. The fourth-order valence-corrected chi connectivity index (χ4v) is 2.17. The van der Waals surface area contributed by atoms with Gasteiger partial charge < -0.3 is 10.3 Å². The number of H-pyrrole nitrogens is 1.